The Morgan fingerprint density at radius 3 is 2.50 bits per heavy atom. The summed E-state index contributed by atoms with van der Waals surface area (Å²) in [6.45, 7) is 11.8. The minimum atomic E-state index is -3.06. The lowest BCUT2D eigenvalue weighted by atomic mass is 9.60. The number of fused-ring (bicyclic) bond motifs is 1. The van der Waals surface area contributed by atoms with E-state index in [4.69, 9.17) is 0 Å². The van der Waals surface area contributed by atoms with Crippen LogP contribution in [0.5, 0.6) is 0 Å². The minimum Gasteiger partial charge on any atom is -0.393 e. The molecule has 0 aromatic carbocycles. The number of alkyl halides is 2. The molecular weight excluding hydrogens is 434 g/mol. The summed E-state index contributed by atoms with van der Waals surface area (Å²) in [5.74, 6) is -2.04. The first-order valence-electron chi connectivity index (χ1n) is 13.4. The maximum Gasteiger partial charge on any atom is 0.276 e. The molecular formula is C29H46F2O3. The predicted molar refractivity (Wildman–Crippen MR) is 134 cm³/mol. The second kappa shape index (κ2) is 10.5. The minimum absolute atomic E-state index is 0.0677. The van der Waals surface area contributed by atoms with Gasteiger partial charge in [-0.2, -0.15) is 0 Å². The van der Waals surface area contributed by atoms with Crippen molar-refractivity contribution in [2.45, 2.75) is 122 Å². The Labute approximate surface area is 205 Å². The first kappa shape index (κ1) is 27.5. The number of allylic oxidation sites excluding steroid dienone is 3. The van der Waals surface area contributed by atoms with Gasteiger partial charge in [0.25, 0.3) is 5.92 Å². The summed E-state index contributed by atoms with van der Waals surface area (Å²) in [4.78, 5) is 0. The van der Waals surface area contributed by atoms with Gasteiger partial charge in [-0.1, -0.05) is 52.0 Å². The van der Waals surface area contributed by atoms with Gasteiger partial charge in [0.2, 0.25) is 0 Å². The van der Waals surface area contributed by atoms with E-state index >= 15 is 0 Å². The zero-order valence-corrected chi connectivity index (χ0v) is 21.6. The van der Waals surface area contributed by atoms with Gasteiger partial charge in [0.1, 0.15) is 5.60 Å². The second-order valence-electron chi connectivity index (χ2n) is 11.6. The smallest absolute Gasteiger partial charge is 0.276 e. The number of aliphatic hydroxyl groups is 3. The molecule has 3 N–H and O–H groups in total. The van der Waals surface area contributed by atoms with Crippen molar-refractivity contribution in [3.05, 3.63) is 35.5 Å². The summed E-state index contributed by atoms with van der Waals surface area (Å²) in [6.07, 6.45) is 9.59. The number of rotatable bonds is 8. The van der Waals surface area contributed by atoms with E-state index in [0.29, 0.717) is 36.7 Å². The number of hydrogen-bond donors (Lipinski definition) is 3. The van der Waals surface area contributed by atoms with E-state index in [2.05, 4.69) is 26.5 Å². The number of hydrogen-bond acceptors (Lipinski definition) is 3. The van der Waals surface area contributed by atoms with E-state index < -0.39 is 23.7 Å². The Balaban J connectivity index is 1.72. The van der Waals surface area contributed by atoms with Gasteiger partial charge in [0.05, 0.1) is 12.2 Å². The summed E-state index contributed by atoms with van der Waals surface area (Å²) in [6, 6.07) is 0. The highest BCUT2D eigenvalue weighted by Crippen LogP contribution is 2.60. The zero-order valence-electron chi connectivity index (χ0n) is 21.6. The average molecular weight is 481 g/mol. The van der Waals surface area contributed by atoms with Gasteiger partial charge in [0.15, 0.2) is 0 Å². The number of aliphatic hydroxyl groups excluding tert-OH is 2. The normalized spacial score (nSPS) is 36.2. The summed E-state index contributed by atoms with van der Waals surface area (Å²) >= 11 is 0. The van der Waals surface area contributed by atoms with E-state index in [1.54, 1.807) is 13.8 Å². The van der Waals surface area contributed by atoms with Crippen molar-refractivity contribution in [2.75, 3.05) is 0 Å². The van der Waals surface area contributed by atoms with Crippen LogP contribution in [0.2, 0.25) is 0 Å². The van der Waals surface area contributed by atoms with Crippen molar-refractivity contribution in [2.24, 2.45) is 23.2 Å². The molecule has 3 aliphatic carbocycles. The first-order chi connectivity index (χ1) is 15.9. The summed E-state index contributed by atoms with van der Waals surface area (Å²) in [5, 5.41) is 30.6. The van der Waals surface area contributed by atoms with Crippen molar-refractivity contribution in [1.29, 1.82) is 0 Å². The second-order valence-corrected chi connectivity index (χ2v) is 11.6. The van der Waals surface area contributed by atoms with Crippen LogP contribution in [-0.4, -0.2) is 39.1 Å². The lowest BCUT2D eigenvalue weighted by Gasteiger charge is -2.45. The molecule has 34 heavy (non-hydrogen) atoms. The molecule has 0 amide bonds. The highest BCUT2D eigenvalue weighted by Gasteiger charge is 2.53. The predicted octanol–water partition coefficient (Wildman–Crippen LogP) is 6.73. The third kappa shape index (κ3) is 5.22. The molecule has 0 unspecified atom stereocenters. The van der Waals surface area contributed by atoms with Crippen molar-refractivity contribution in [1.82, 2.24) is 0 Å². The van der Waals surface area contributed by atoms with Crippen molar-refractivity contribution in [3.8, 4) is 0 Å². The summed E-state index contributed by atoms with van der Waals surface area (Å²) < 4.78 is 29.7. The van der Waals surface area contributed by atoms with Gasteiger partial charge in [-0.15, -0.1) is 0 Å². The van der Waals surface area contributed by atoms with Crippen LogP contribution in [0.4, 0.5) is 8.78 Å². The molecule has 0 saturated heterocycles. The van der Waals surface area contributed by atoms with Crippen molar-refractivity contribution in [3.63, 3.8) is 0 Å². The maximum absolute atomic E-state index is 14.9. The molecule has 0 bridgehead atoms. The molecule has 6 atom stereocenters. The van der Waals surface area contributed by atoms with Crippen LogP contribution in [0.3, 0.4) is 0 Å². The Morgan fingerprint density at radius 1 is 1.18 bits per heavy atom. The molecule has 3 fully saturated rings. The molecule has 5 heteroatoms. The molecule has 0 aromatic rings. The third-order valence-corrected chi connectivity index (χ3v) is 9.75. The fourth-order valence-electron chi connectivity index (χ4n) is 7.29. The van der Waals surface area contributed by atoms with Crippen LogP contribution in [0.25, 0.3) is 0 Å². The van der Waals surface area contributed by atoms with Gasteiger partial charge in [0, 0.05) is 12.8 Å². The van der Waals surface area contributed by atoms with Crippen LogP contribution in [0.1, 0.15) is 98.3 Å². The van der Waals surface area contributed by atoms with Crippen molar-refractivity contribution < 1.29 is 24.1 Å². The molecule has 3 aliphatic rings. The van der Waals surface area contributed by atoms with E-state index in [1.165, 1.54) is 5.57 Å². The van der Waals surface area contributed by atoms with E-state index in [9.17, 15) is 24.1 Å². The van der Waals surface area contributed by atoms with Crippen molar-refractivity contribution >= 4 is 0 Å². The molecule has 3 saturated carbocycles. The summed E-state index contributed by atoms with van der Waals surface area (Å²) in [5.41, 5.74) is 1.24. The highest BCUT2D eigenvalue weighted by atomic mass is 19.3. The maximum atomic E-state index is 14.9. The van der Waals surface area contributed by atoms with Crippen LogP contribution < -0.4 is 0 Å². The molecule has 3 nitrogen and oxygen atoms in total. The lowest BCUT2D eigenvalue weighted by Crippen LogP contribution is -2.47. The van der Waals surface area contributed by atoms with E-state index in [-0.39, 0.29) is 30.6 Å². The van der Waals surface area contributed by atoms with Crippen LogP contribution in [0.15, 0.2) is 35.5 Å². The lowest BCUT2D eigenvalue weighted by molar-refractivity contribution is -0.190. The van der Waals surface area contributed by atoms with Crippen LogP contribution in [-0.2, 0) is 0 Å². The van der Waals surface area contributed by atoms with Gasteiger partial charge < -0.3 is 15.3 Å². The fourth-order valence-corrected chi connectivity index (χ4v) is 7.29. The summed E-state index contributed by atoms with van der Waals surface area (Å²) in [7, 11) is 0. The van der Waals surface area contributed by atoms with E-state index in [0.717, 1.165) is 37.7 Å². The van der Waals surface area contributed by atoms with Crippen LogP contribution in [0, 0.1) is 23.2 Å². The highest BCUT2D eigenvalue weighted by molar-refractivity contribution is 5.38. The van der Waals surface area contributed by atoms with Gasteiger partial charge in [-0.05, 0) is 92.1 Å². The quantitative estimate of drug-likeness (QED) is 0.361. The fraction of sp³-hybridized carbons (Fsp3) is 0.793. The molecule has 0 radical (unpaired) electrons. The molecule has 0 spiro atoms. The molecule has 0 aromatic heterocycles. The SMILES string of the molecule is C=C1/C(=C/C=C2\CCC[C@]3(C)[C@@H]([C@H](C)CCC(F)(F)C(O)(CC)CC)CC[C@@H]23)C[C@@H](O)C[C@@H]1O. The zero-order chi connectivity index (χ0) is 25.3. The topological polar surface area (TPSA) is 60.7 Å². The third-order valence-electron chi connectivity index (χ3n) is 9.75. The van der Waals surface area contributed by atoms with Gasteiger partial charge in [-0.3, -0.25) is 0 Å². The van der Waals surface area contributed by atoms with Crippen LogP contribution >= 0.6 is 0 Å². The Hall–Kier alpha value is -1.04. The van der Waals surface area contributed by atoms with Gasteiger partial charge >= 0.3 is 0 Å². The van der Waals surface area contributed by atoms with E-state index in [1.807, 2.05) is 6.08 Å². The average Bonchev–Trinajstić information content (AvgIpc) is 3.15. The number of halogens is 2. The molecule has 0 heterocycles. The Kier molecular flexibility index (Phi) is 8.52. The molecule has 194 valence electrons. The standard InChI is InChI=1S/C29H46F2O3/c1-6-28(34,7-2)29(30,31)16-14-19(3)24-12-13-25-21(9-8-15-27(24,25)5)10-11-22-17-23(32)18-26(33)20(22)4/h10-11,19,23-26,32-34H,4,6-9,12-18H2,1-3,5H3/b21-10+,22-11+/t19-,23-,24-,25+,26+,27-/m1/s1. The molecule has 0 aliphatic heterocycles. The first-order valence-corrected chi connectivity index (χ1v) is 13.4. The molecule has 3 rings (SSSR count). The Bertz CT molecular complexity index is 797. The largest absolute Gasteiger partial charge is 0.393 e. The Morgan fingerprint density at radius 2 is 1.85 bits per heavy atom. The monoisotopic (exact) mass is 480 g/mol. The van der Waals surface area contributed by atoms with Gasteiger partial charge in [-0.25, -0.2) is 8.78 Å².